The highest BCUT2D eigenvalue weighted by molar-refractivity contribution is 7.19. The van der Waals surface area contributed by atoms with Gasteiger partial charge in [-0.15, -0.1) is 0 Å². The van der Waals surface area contributed by atoms with Crippen LogP contribution in [-0.4, -0.2) is 28.5 Å². The molecule has 0 fully saturated rings. The van der Waals surface area contributed by atoms with Crippen molar-refractivity contribution in [3.8, 4) is 22.1 Å². The number of methoxy groups -OCH3 is 1. The van der Waals surface area contributed by atoms with Gasteiger partial charge in [-0.05, 0) is 60.0 Å². The van der Waals surface area contributed by atoms with Crippen molar-refractivity contribution >= 4 is 27.8 Å². The summed E-state index contributed by atoms with van der Waals surface area (Å²) < 4.78 is 13.0. The number of hydrogen-bond donors (Lipinski definition) is 1. The highest BCUT2D eigenvalue weighted by Crippen LogP contribution is 2.33. The molecule has 4 aromatic rings. The molecule has 6 nitrogen and oxygen atoms in total. The van der Waals surface area contributed by atoms with Crippen LogP contribution in [0.25, 0.3) is 10.6 Å². The Morgan fingerprint density at radius 2 is 2.03 bits per heavy atom. The summed E-state index contributed by atoms with van der Waals surface area (Å²) in [6.45, 7) is 6.03. The number of thiazole rings is 1. The van der Waals surface area contributed by atoms with Crippen LogP contribution in [0.3, 0.4) is 0 Å². The van der Waals surface area contributed by atoms with Crippen molar-refractivity contribution in [3.05, 3.63) is 64.1 Å². The number of thiophene rings is 1. The molecule has 30 heavy (non-hydrogen) atoms. The van der Waals surface area contributed by atoms with Gasteiger partial charge < -0.3 is 14.8 Å². The predicted molar refractivity (Wildman–Crippen MR) is 123 cm³/mol. The Balaban J connectivity index is 1.44. The van der Waals surface area contributed by atoms with Crippen molar-refractivity contribution in [2.45, 2.75) is 26.9 Å². The first kappa shape index (κ1) is 20.4. The third-order valence-electron chi connectivity index (χ3n) is 4.57. The van der Waals surface area contributed by atoms with E-state index in [4.69, 9.17) is 14.6 Å². The lowest BCUT2D eigenvalue weighted by Gasteiger charge is -2.11. The Morgan fingerprint density at radius 1 is 1.13 bits per heavy atom. The number of aryl methyl sites for hydroxylation is 1. The smallest absolute Gasteiger partial charge is 0.183 e. The van der Waals surface area contributed by atoms with Gasteiger partial charge in [0.1, 0.15) is 5.69 Å². The summed E-state index contributed by atoms with van der Waals surface area (Å²) in [5.41, 5.74) is 4.31. The van der Waals surface area contributed by atoms with Crippen LogP contribution in [0.2, 0.25) is 0 Å². The zero-order valence-corrected chi connectivity index (χ0v) is 18.8. The Bertz CT molecular complexity index is 1100. The summed E-state index contributed by atoms with van der Waals surface area (Å²) in [7, 11) is 1.65. The summed E-state index contributed by atoms with van der Waals surface area (Å²) in [4.78, 5) is 5.77. The van der Waals surface area contributed by atoms with E-state index in [0.717, 1.165) is 45.0 Å². The van der Waals surface area contributed by atoms with Gasteiger partial charge in [0.05, 0.1) is 30.8 Å². The second kappa shape index (κ2) is 9.32. The van der Waals surface area contributed by atoms with Gasteiger partial charge in [-0.2, -0.15) is 16.4 Å². The predicted octanol–water partition coefficient (Wildman–Crippen LogP) is 5.44. The number of anilines is 1. The van der Waals surface area contributed by atoms with Crippen LogP contribution < -0.4 is 14.8 Å². The van der Waals surface area contributed by atoms with E-state index in [9.17, 15) is 0 Å². The molecule has 0 aliphatic carbocycles. The van der Waals surface area contributed by atoms with Crippen LogP contribution in [-0.2, 0) is 13.1 Å². The van der Waals surface area contributed by atoms with E-state index in [1.165, 1.54) is 5.56 Å². The fourth-order valence-electron chi connectivity index (χ4n) is 3.13. The number of nitrogens with zero attached hydrogens (tertiary/aromatic N) is 3. The van der Waals surface area contributed by atoms with Gasteiger partial charge in [0.2, 0.25) is 0 Å². The molecule has 156 valence electrons. The molecule has 3 aromatic heterocycles. The Labute approximate surface area is 184 Å². The molecule has 0 radical (unpaired) electrons. The summed E-state index contributed by atoms with van der Waals surface area (Å²) in [5, 5.41) is 13.3. The summed E-state index contributed by atoms with van der Waals surface area (Å²) in [6.07, 6.45) is 2.02. The second-order valence-corrected chi connectivity index (χ2v) is 8.51. The molecule has 4 rings (SSSR count). The molecule has 0 aliphatic rings. The average molecular weight is 441 g/mol. The topological polar surface area (TPSA) is 61.2 Å². The number of hydrogen-bond acceptors (Lipinski definition) is 7. The van der Waals surface area contributed by atoms with Gasteiger partial charge in [0, 0.05) is 12.7 Å². The molecule has 3 heterocycles. The largest absolute Gasteiger partial charge is 0.493 e. The summed E-state index contributed by atoms with van der Waals surface area (Å²) >= 11 is 3.33. The maximum atomic E-state index is 5.67. The molecule has 0 amide bonds. The number of benzene rings is 1. The quantitative estimate of drug-likeness (QED) is 0.375. The average Bonchev–Trinajstić information content (AvgIpc) is 3.49. The van der Waals surface area contributed by atoms with Gasteiger partial charge in [0.25, 0.3) is 0 Å². The minimum absolute atomic E-state index is 0.599. The lowest BCUT2D eigenvalue weighted by molar-refractivity contribution is 0.310. The SMILES string of the molecule is CCOc1cc(CNc2nc(C)c(-c3ccn(Cc4ccsc4)n3)s2)ccc1OC. The molecule has 0 bridgehead atoms. The number of rotatable bonds is 9. The molecule has 8 heteroatoms. The van der Waals surface area contributed by atoms with E-state index in [2.05, 4.69) is 33.2 Å². The Hall–Kier alpha value is -2.84. The second-order valence-electron chi connectivity index (χ2n) is 6.74. The number of ether oxygens (including phenoxy) is 2. The third-order valence-corrected chi connectivity index (χ3v) is 6.44. The van der Waals surface area contributed by atoms with Crippen molar-refractivity contribution in [1.29, 1.82) is 0 Å². The lowest BCUT2D eigenvalue weighted by Crippen LogP contribution is -2.01. The number of aromatic nitrogens is 3. The van der Waals surface area contributed by atoms with Crippen molar-refractivity contribution in [3.63, 3.8) is 0 Å². The Morgan fingerprint density at radius 3 is 2.80 bits per heavy atom. The van der Waals surface area contributed by atoms with Gasteiger partial charge in [-0.3, -0.25) is 4.68 Å². The van der Waals surface area contributed by atoms with E-state index in [-0.39, 0.29) is 0 Å². The van der Waals surface area contributed by atoms with E-state index in [0.29, 0.717) is 13.2 Å². The standard InChI is InChI=1S/C22H24N4O2S2/c1-4-28-20-11-16(5-6-19(20)27-3)12-23-22-24-15(2)21(30-22)18-7-9-26(25-18)13-17-8-10-29-14-17/h5-11,14H,4,12-13H2,1-3H3,(H,23,24). The summed E-state index contributed by atoms with van der Waals surface area (Å²) in [6, 6.07) is 10.1. The highest BCUT2D eigenvalue weighted by atomic mass is 32.1. The van der Waals surface area contributed by atoms with Crippen LogP contribution in [0.15, 0.2) is 47.3 Å². The summed E-state index contributed by atoms with van der Waals surface area (Å²) in [5.74, 6) is 1.50. The molecule has 1 aromatic carbocycles. The van der Waals surface area contributed by atoms with Crippen LogP contribution in [0.1, 0.15) is 23.7 Å². The van der Waals surface area contributed by atoms with Crippen molar-refractivity contribution in [2.75, 3.05) is 19.0 Å². The molecular weight excluding hydrogens is 416 g/mol. The fourth-order valence-corrected chi connectivity index (χ4v) is 4.71. The molecule has 0 saturated heterocycles. The number of nitrogens with one attached hydrogen (secondary N) is 1. The van der Waals surface area contributed by atoms with Crippen LogP contribution in [0, 0.1) is 6.92 Å². The van der Waals surface area contributed by atoms with E-state index in [1.807, 2.05) is 42.9 Å². The monoisotopic (exact) mass is 440 g/mol. The van der Waals surface area contributed by atoms with Gasteiger partial charge in [-0.25, -0.2) is 4.98 Å². The van der Waals surface area contributed by atoms with E-state index < -0.39 is 0 Å². The van der Waals surface area contributed by atoms with Crippen molar-refractivity contribution < 1.29 is 9.47 Å². The first-order valence-electron chi connectivity index (χ1n) is 9.72. The van der Waals surface area contributed by atoms with Gasteiger partial charge >= 0.3 is 0 Å². The maximum absolute atomic E-state index is 5.67. The zero-order chi connectivity index (χ0) is 20.9. The molecule has 0 saturated carbocycles. The minimum Gasteiger partial charge on any atom is -0.493 e. The first-order chi connectivity index (χ1) is 14.7. The van der Waals surface area contributed by atoms with Crippen LogP contribution >= 0.6 is 22.7 Å². The molecule has 0 atom stereocenters. The maximum Gasteiger partial charge on any atom is 0.183 e. The van der Waals surface area contributed by atoms with E-state index in [1.54, 1.807) is 29.8 Å². The van der Waals surface area contributed by atoms with Crippen LogP contribution in [0.4, 0.5) is 5.13 Å². The van der Waals surface area contributed by atoms with Crippen molar-refractivity contribution in [2.24, 2.45) is 0 Å². The fraction of sp³-hybridized carbons (Fsp3) is 0.273. The molecule has 1 N–H and O–H groups in total. The third kappa shape index (κ3) is 4.66. The van der Waals surface area contributed by atoms with Crippen molar-refractivity contribution in [1.82, 2.24) is 14.8 Å². The lowest BCUT2D eigenvalue weighted by atomic mass is 10.2. The molecule has 0 spiro atoms. The highest BCUT2D eigenvalue weighted by Gasteiger charge is 2.13. The molecule has 0 unspecified atom stereocenters. The van der Waals surface area contributed by atoms with Gasteiger partial charge in [0.15, 0.2) is 16.6 Å². The normalized spacial score (nSPS) is 10.9. The van der Waals surface area contributed by atoms with Gasteiger partial charge in [-0.1, -0.05) is 17.4 Å². The zero-order valence-electron chi connectivity index (χ0n) is 17.2. The first-order valence-corrected chi connectivity index (χ1v) is 11.5. The van der Waals surface area contributed by atoms with E-state index >= 15 is 0 Å². The minimum atomic E-state index is 0.599. The molecular formula is C22H24N4O2S2. The molecule has 0 aliphatic heterocycles. The Kier molecular flexibility index (Phi) is 6.35. The van der Waals surface area contributed by atoms with Crippen LogP contribution in [0.5, 0.6) is 11.5 Å².